The molecule has 22 heavy (non-hydrogen) atoms. The molecule has 0 saturated carbocycles. The third kappa shape index (κ3) is 5.02. The predicted octanol–water partition coefficient (Wildman–Crippen LogP) is 3.57. The van der Waals surface area contributed by atoms with Crippen molar-refractivity contribution in [3.63, 3.8) is 0 Å². The molecule has 0 aliphatic heterocycles. The van der Waals surface area contributed by atoms with Crippen molar-refractivity contribution in [2.75, 3.05) is 13.2 Å². The molecule has 0 aliphatic carbocycles. The van der Waals surface area contributed by atoms with Crippen LogP contribution in [0.2, 0.25) is 10.0 Å². The molecule has 0 unspecified atom stereocenters. The zero-order valence-corrected chi connectivity index (χ0v) is 13.8. The van der Waals surface area contributed by atoms with E-state index in [-0.39, 0.29) is 23.1 Å². The van der Waals surface area contributed by atoms with E-state index in [0.717, 1.165) is 6.42 Å². The second-order valence-electron chi connectivity index (χ2n) is 4.38. The molecule has 2 aromatic rings. The van der Waals surface area contributed by atoms with Gasteiger partial charge in [0.1, 0.15) is 0 Å². The van der Waals surface area contributed by atoms with Crippen LogP contribution in [-0.4, -0.2) is 25.0 Å². The van der Waals surface area contributed by atoms with Gasteiger partial charge in [-0.2, -0.15) is 0 Å². The Balaban J connectivity index is 1.74. The highest BCUT2D eigenvalue weighted by Gasteiger charge is 2.13. The van der Waals surface area contributed by atoms with Gasteiger partial charge in [-0.3, -0.25) is 4.79 Å². The topological polar surface area (TPSA) is 55.4 Å². The van der Waals surface area contributed by atoms with Crippen LogP contribution in [0.4, 0.5) is 0 Å². The minimum atomic E-state index is -0.657. The molecule has 2 rings (SSSR count). The average Bonchev–Trinajstić information content (AvgIpc) is 2.98. The fourth-order valence-corrected chi connectivity index (χ4v) is 2.89. The summed E-state index contributed by atoms with van der Waals surface area (Å²) in [6.45, 7) is 0.154. The largest absolute Gasteiger partial charge is 0.452 e. The van der Waals surface area contributed by atoms with E-state index in [4.69, 9.17) is 27.9 Å². The predicted molar refractivity (Wildman–Crippen MR) is 87.8 cm³/mol. The van der Waals surface area contributed by atoms with Crippen LogP contribution in [0.1, 0.15) is 15.2 Å². The minimum absolute atomic E-state index is 0.178. The second kappa shape index (κ2) is 8.17. The fourth-order valence-electron chi connectivity index (χ4n) is 1.69. The highest BCUT2D eigenvalue weighted by atomic mass is 35.5. The van der Waals surface area contributed by atoms with Crippen molar-refractivity contribution in [1.82, 2.24) is 5.32 Å². The molecule has 0 aliphatic rings. The number of hydrogen-bond donors (Lipinski definition) is 1. The van der Waals surface area contributed by atoms with Gasteiger partial charge in [0.2, 0.25) is 0 Å². The summed E-state index contributed by atoms with van der Waals surface area (Å²) in [6.07, 6.45) is 0.750. The summed E-state index contributed by atoms with van der Waals surface area (Å²) in [6, 6.07) is 8.40. The molecule has 0 spiro atoms. The molecule has 116 valence electrons. The standard InChI is InChI=1S/C15H13Cl2NO3S/c16-10-3-4-12(13(17)8-10)15(20)21-9-14(19)18-6-5-11-2-1-7-22-11/h1-4,7-8H,5-6,9H2,(H,18,19). The molecule has 1 N–H and O–H groups in total. The van der Waals surface area contributed by atoms with Crippen LogP contribution in [0, 0.1) is 0 Å². The summed E-state index contributed by atoms with van der Waals surface area (Å²) >= 11 is 13.3. The maximum absolute atomic E-state index is 11.8. The molecule has 1 aromatic heterocycles. The Morgan fingerprint density at radius 3 is 2.73 bits per heavy atom. The van der Waals surface area contributed by atoms with E-state index >= 15 is 0 Å². The Bertz CT molecular complexity index is 659. The van der Waals surface area contributed by atoms with Gasteiger partial charge in [0.25, 0.3) is 5.91 Å². The van der Waals surface area contributed by atoms with Gasteiger partial charge in [-0.1, -0.05) is 29.3 Å². The van der Waals surface area contributed by atoms with E-state index in [1.54, 1.807) is 11.3 Å². The summed E-state index contributed by atoms with van der Waals surface area (Å²) in [5.74, 6) is -1.01. The summed E-state index contributed by atoms with van der Waals surface area (Å²) < 4.78 is 4.92. The number of nitrogens with one attached hydrogen (secondary N) is 1. The number of carbonyl (C=O) groups excluding carboxylic acids is 2. The van der Waals surface area contributed by atoms with Crippen molar-refractivity contribution in [3.8, 4) is 0 Å². The average molecular weight is 358 g/mol. The number of benzene rings is 1. The van der Waals surface area contributed by atoms with Crippen LogP contribution in [0.25, 0.3) is 0 Å². The van der Waals surface area contributed by atoms with Crippen LogP contribution in [0.5, 0.6) is 0 Å². The lowest BCUT2D eigenvalue weighted by Crippen LogP contribution is -2.30. The normalized spacial score (nSPS) is 10.3. The van der Waals surface area contributed by atoms with Gasteiger partial charge in [0.15, 0.2) is 6.61 Å². The van der Waals surface area contributed by atoms with E-state index < -0.39 is 5.97 Å². The van der Waals surface area contributed by atoms with Crippen LogP contribution >= 0.6 is 34.5 Å². The lowest BCUT2D eigenvalue weighted by molar-refractivity contribution is -0.124. The van der Waals surface area contributed by atoms with Gasteiger partial charge in [0, 0.05) is 16.4 Å². The Kier molecular flexibility index (Phi) is 6.24. The van der Waals surface area contributed by atoms with Gasteiger partial charge in [0.05, 0.1) is 10.6 Å². The number of halogens is 2. The number of amides is 1. The number of hydrogen-bond acceptors (Lipinski definition) is 4. The van der Waals surface area contributed by atoms with E-state index in [0.29, 0.717) is 11.6 Å². The number of carbonyl (C=O) groups is 2. The molecular formula is C15H13Cl2NO3S. The smallest absolute Gasteiger partial charge is 0.340 e. The molecule has 4 nitrogen and oxygen atoms in total. The molecule has 1 aromatic carbocycles. The maximum Gasteiger partial charge on any atom is 0.340 e. The molecule has 0 atom stereocenters. The zero-order chi connectivity index (χ0) is 15.9. The monoisotopic (exact) mass is 357 g/mol. The fraction of sp³-hybridized carbons (Fsp3) is 0.200. The molecule has 7 heteroatoms. The summed E-state index contributed by atoms with van der Waals surface area (Å²) in [5, 5.41) is 5.28. The minimum Gasteiger partial charge on any atom is -0.452 e. The van der Waals surface area contributed by atoms with E-state index in [9.17, 15) is 9.59 Å². The molecule has 0 bridgehead atoms. The quantitative estimate of drug-likeness (QED) is 0.804. The van der Waals surface area contributed by atoms with Crippen molar-refractivity contribution in [3.05, 3.63) is 56.2 Å². The van der Waals surface area contributed by atoms with Gasteiger partial charge in [-0.25, -0.2) is 4.79 Å². The van der Waals surface area contributed by atoms with Crippen molar-refractivity contribution in [2.24, 2.45) is 0 Å². The van der Waals surface area contributed by atoms with E-state index in [2.05, 4.69) is 5.32 Å². The first-order valence-electron chi connectivity index (χ1n) is 6.47. The lowest BCUT2D eigenvalue weighted by Gasteiger charge is -2.07. The number of rotatable bonds is 6. The summed E-state index contributed by atoms with van der Waals surface area (Å²) in [5.41, 5.74) is 0.178. The number of ether oxygens (including phenoxy) is 1. The van der Waals surface area contributed by atoms with Crippen molar-refractivity contribution >= 4 is 46.4 Å². The maximum atomic E-state index is 11.8. The third-order valence-corrected chi connectivity index (χ3v) is 4.24. The van der Waals surface area contributed by atoms with Crippen molar-refractivity contribution in [1.29, 1.82) is 0 Å². The van der Waals surface area contributed by atoms with Gasteiger partial charge >= 0.3 is 5.97 Å². The zero-order valence-electron chi connectivity index (χ0n) is 11.5. The first-order valence-corrected chi connectivity index (χ1v) is 8.11. The van der Waals surface area contributed by atoms with Crippen LogP contribution < -0.4 is 5.32 Å². The van der Waals surface area contributed by atoms with Gasteiger partial charge in [-0.15, -0.1) is 11.3 Å². The summed E-state index contributed by atoms with van der Waals surface area (Å²) in [7, 11) is 0. The SMILES string of the molecule is O=C(COC(=O)c1ccc(Cl)cc1Cl)NCCc1cccs1. The van der Waals surface area contributed by atoms with E-state index in [1.165, 1.54) is 23.1 Å². The first kappa shape index (κ1) is 16.8. The molecule has 0 saturated heterocycles. The molecule has 0 radical (unpaired) electrons. The Morgan fingerprint density at radius 2 is 2.05 bits per heavy atom. The Morgan fingerprint density at radius 1 is 1.23 bits per heavy atom. The molecule has 1 amide bonds. The first-order chi connectivity index (χ1) is 10.6. The lowest BCUT2D eigenvalue weighted by atomic mass is 10.2. The highest BCUT2D eigenvalue weighted by Crippen LogP contribution is 2.21. The highest BCUT2D eigenvalue weighted by molar-refractivity contribution is 7.09. The third-order valence-electron chi connectivity index (χ3n) is 2.76. The van der Waals surface area contributed by atoms with E-state index in [1.807, 2.05) is 17.5 Å². The summed E-state index contributed by atoms with van der Waals surface area (Å²) in [4.78, 5) is 24.6. The van der Waals surface area contributed by atoms with Crippen LogP contribution in [-0.2, 0) is 16.0 Å². The number of thiophene rings is 1. The van der Waals surface area contributed by atoms with Gasteiger partial charge < -0.3 is 10.1 Å². The Hall–Kier alpha value is -1.56. The van der Waals surface area contributed by atoms with Crippen LogP contribution in [0.3, 0.4) is 0 Å². The van der Waals surface area contributed by atoms with Crippen LogP contribution in [0.15, 0.2) is 35.7 Å². The second-order valence-corrected chi connectivity index (χ2v) is 6.26. The molecular weight excluding hydrogens is 345 g/mol. The number of esters is 1. The van der Waals surface area contributed by atoms with Gasteiger partial charge in [-0.05, 0) is 36.1 Å². The Labute approximate surface area is 142 Å². The van der Waals surface area contributed by atoms with Crippen molar-refractivity contribution in [2.45, 2.75) is 6.42 Å². The molecule has 1 heterocycles. The molecule has 0 fully saturated rings. The van der Waals surface area contributed by atoms with Crippen molar-refractivity contribution < 1.29 is 14.3 Å².